The van der Waals surface area contributed by atoms with Gasteiger partial charge in [0, 0.05) is 22.8 Å². The number of oxime groups is 1. The van der Waals surface area contributed by atoms with Crippen molar-refractivity contribution in [2.45, 2.75) is 18.0 Å². The fourth-order valence-electron chi connectivity index (χ4n) is 3.85. The Morgan fingerprint density at radius 1 is 1.36 bits per heavy atom. The molecule has 14 nitrogen and oxygen atoms in total. The summed E-state index contributed by atoms with van der Waals surface area (Å²) in [6.45, 7) is -0.0580. The van der Waals surface area contributed by atoms with Crippen LogP contribution in [0.4, 0.5) is 10.8 Å². The Bertz CT molecular complexity index is 1430. The maximum absolute atomic E-state index is 13.1. The molecule has 4 heterocycles. The van der Waals surface area contributed by atoms with Crippen LogP contribution in [0.1, 0.15) is 5.69 Å². The molecule has 0 aliphatic carbocycles. The first-order chi connectivity index (χ1) is 18.9. The van der Waals surface area contributed by atoms with Gasteiger partial charge < -0.3 is 25.9 Å². The number of carbonyl (C=O) groups is 5. The van der Waals surface area contributed by atoms with Crippen LogP contribution in [0.25, 0.3) is 0 Å². The molecular weight excluding hydrogens is 550 g/mol. The van der Waals surface area contributed by atoms with Crippen molar-refractivity contribution < 1.29 is 38.5 Å². The summed E-state index contributed by atoms with van der Waals surface area (Å²) >= 11 is 2.33. The fraction of sp³-hybridized carbons (Fsp3) is 0.217. The molecule has 4 rings (SSSR count). The van der Waals surface area contributed by atoms with E-state index in [0.29, 0.717) is 24.1 Å². The van der Waals surface area contributed by atoms with E-state index >= 15 is 0 Å². The quantitative estimate of drug-likeness (QED) is 0.0490. The van der Waals surface area contributed by atoms with Crippen molar-refractivity contribution in [3.8, 4) is 12.3 Å². The number of nitrogens with one attached hydrogen (secondary N) is 3. The van der Waals surface area contributed by atoms with E-state index in [-0.39, 0.29) is 41.1 Å². The summed E-state index contributed by atoms with van der Waals surface area (Å²) in [5.74, 6) is -0.197. The summed E-state index contributed by atoms with van der Waals surface area (Å²) in [6.07, 6.45) is 9.46. The van der Waals surface area contributed by atoms with Gasteiger partial charge in [0.05, 0.1) is 0 Å². The molecule has 0 bridgehead atoms. The monoisotopic (exact) mass is 570 g/mol. The number of carboxylic acids is 1. The van der Waals surface area contributed by atoms with E-state index in [0.717, 1.165) is 16.2 Å². The van der Waals surface area contributed by atoms with Crippen molar-refractivity contribution in [3.05, 3.63) is 46.9 Å². The number of aliphatic carboxylic acids is 1. The third kappa shape index (κ3) is 5.89. The molecule has 0 spiro atoms. The van der Waals surface area contributed by atoms with Crippen LogP contribution in [-0.4, -0.2) is 75.1 Å². The SMILES string of the molecule is C#CCON=C(C(=O)NC1C(=O)N2C(C(=O)O)=C(C[n+]3cccc(NC=O)c3)CS[C@@H]12)c1csc(NC=O)n1. The topological polar surface area (TPSA) is 183 Å². The molecule has 1 saturated heterocycles. The second-order valence-electron chi connectivity index (χ2n) is 7.86. The Balaban J connectivity index is 1.53. The van der Waals surface area contributed by atoms with Crippen LogP contribution < -0.4 is 20.5 Å². The summed E-state index contributed by atoms with van der Waals surface area (Å²) in [6, 6.07) is 2.34. The number of aromatic nitrogens is 2. The van der Waals surface area contributed by atoms with E-state index in [2.05, 4.69) is 32.0 Å². The van der Waals surface area contributed by atoms with E-state index in [9.17, 15) is 29.1 Å². The number of hydrogen-bond donors (Lipinski definition) is 4. The zero-order valence-corrected chi connectivity index (χ0v) is 21.5. The van der Waals surface area contributed by atoms with Crippen molar-refractivity contribution in [3.63, 3.8) is 0 Å². The molecule has 2 aromatic rings. The smallest absolute Gasteiger partial charge is 0.352 e. The van der Waals surface area contributed by atoms with Crippen LogP contribution in [0.15, 0.2) is 46.3 Å². The number of thiazole rings is 1. The molecule has 0 saturated carbocycles. The van der Waals surface area contributed by atoms with Crippen LogP contribution in [0.2, 0.25) is 0 Å². The number of carboxylic acid groups (broad SMARTS) is 1. The Kier molecular flexibility index (Phi) is 8.53. The van der Waals surface area contributed by atoms with Gasteiger partial charge in [0.2, 0.25) is 12.8 Å². The first kappa shape index (κ1) is 27.3. The molecule has 0 radical (unpaired) electrons. The highest BCUT2D eigenvalue weighted by Gasteiger charge is 2.54. The Morgan fingerprint density at radius 3 is 2.87 bits per heavy atom. The molecule has 1 fully saturated rings. The van der Waals surface area contributed by atoms with Crippen molar-refractivity contribution in [1.82, 2.24) is 15.2 Å². The van der Waals surface area contributed by atoms with E-state index in [1.807, 2.05) is 0 Å². The minimum atomic E-state index is -1.28. The normalized spacial score (nSPS) is 18.3. The highest BCUT2D eigenvalue weighted by molar-refractivity contribution is 8.00. The number of terminal acetylenes is 1. The van der Waals surface area contributed by atoms with Gasteiger partial charge in [-0.2, -0.15) is 4.57 Å². The second-order valence-corrected chi connectivity index (χ2v) is 9.83. The maximum atomic E-state index is 13.1. The van der Waals surface area contributed by atoms with Gasteiger partial charge in [0.15, 0.2) is 36.4 Å². The molecule has 200 valence electrons. The number of carbonyl (C=O) groups excluding carboxylic acids is 4. The molecule has 2 atom stereocenters. The maximum Gasteiger partial charge on any atom is 0.352 e. The van der Waals surface area contributed by atoms with Crippen molar-refractivity contribution >= 4 is 70.2 Å². The number of anilines is 2. The molecule has 2 aromatic heterocycles. The van der Waals surface area contributed by atoms with Crippen LogP contribution in [0.3, 0.4) is 0 Å². The lowest BCUT2D eigenvalue weighted by Gasteiger charge is -2.49. The van der Waals surface area contributed by atoms with Gasteiger partial charge >= 0.3 is 5.97 Å². The highest BCUT2D eigenvalue weighted by atomic mass is 32.2. The van der Waals surface area contributed by atoms with E-state index in [1.54, 1.807) is 29.1 Å². The standard InChI is InChI=1S/C23H19N7O7S2/c1-2-6-37-28-16(15-10-39-23(26-15)25-12-32)19(33)27-17-20(34)30-18(22(35)36)13(9-38-21(17)30)7-29-5-3-4-14(8-29)24-11-31/h1,3-5,8,10-12,17,21H,6-7,9H2,(H3-,24,25,26,27,31,32,33,35,36)/p+1/t17?,21-/m0/s1. The predicted molar refractivity (Wildman–Crippen MR) is 139 cm³/mol. The van der Waals surface area contributed by atoms with Gasteiger partial charge in [-0.25, -0.2) is 9.78 Å². The molecule has 16 heteroatoms. The van der Waals surface area contributed by atoms with Crippen molar-refractivity contribution in [2.24, 2.45) is 5.16 Å². The number of thioether (sulfide) groups is 1. The van der Waals surface area contributed by atoms with E-state index in [4.69, 9.17) is 11.3 Å². The molecule has 1 unspecified atom stereocenters. The predicted octanol–water partition coefficient (Wildman–Crippen LogP) is -0.640. The number of β-lactam (4-membered cyclic amide) rings is 1. The second kappa shape index (κ2) is 12.2. The Morgan fingerprint density at radius 2 is 2.15 bits per heavy atom. The zero-order chi connectivity index (χ0) is 27.9. The number of fused-ring (bicyclic) bond motifs is 1. The third-order valence-corrected chi connectivity index (χ3v) is 7.55. The Hall–Kier alpha value is -4.75. The lowest BCUT2D eigenvalue weighted by Crippen LogP contribution is -2.71. The summed E-state index contributed by atoms with van der Waals surface area (Å²) in [5, 5.41) is 22.1. The van der Waals surface area contributed by atoms with Gasteiger partial charge in [0.1, 0.15) is 28.5 Å². The average molecular weight is 571 g/mol. The number of hydrogen-bond acceptors (Lipinski definition) is 10. The van der Waals surface area contributed by atoms with Crippen molar-refractivity contribution in [2.75, 3.05) is 23.0 Å². The number of amides is 4. The van der Waals surface area contributed by atoms with E-state index < -0.39 is 29.2 Å². The minimum Gasteiger partial charge on any atom is -0.477 e. The fourth-order valence-corrected chi connectivity index (χ4v) is 5.84. The first-order valence-corrected chi connectivity index (χ1v) is 13.0. The van der Waals surface area contributed by atoms with Gasteiger partial charge in [-0.3, -0.25) is 24.1 Å². The van der Waals surface area contributed by atoms with Gasteiger partial charge in [0.25, 0.3) is 11.8 Å². The van der Waals surface area contributed by atoms with Crippen LogP contribution >= 0.6 is 23.1 Å². The summed E-state index contributed by atoms with van der Waals surface area (Å²) in [5.41, 5.74) is 0.647. The number of rotatable bonds is 12. The average Bonchev–Trinajstić information content (AvgIpc) is 3.38. The zero-order valence-electron chi connectivity index (χ0n) is 19.9. The lowest BCUT2D eigenvalue weighted by atomic mass is 10.0. The molecular formula is C23H20N7O7S2+. The largest absolute Gasteiger partial charge is 0.477 e. The highest BCUT2D eigenvalue weighted by Crippen LogP contribution is 2.40. The van der Waals surface area contributed by atoms with Crippen LogP contribution in [0, 0.1) is 12.3 Å². The molecule has 2 aliphatic heterocycles. The van der Waals surface area contributed by atoms with Crippen LogP contribution in [-0.2, 0) is 35.4 Å². The molecule has 4 N–H and O–H groups in total. The molecule has 4 amide bonds. The number of nitrogens with zero attached hydrogens (tertiary/aromatic N) is 4. The third-order valence-electron chi connectivity index (χ3n) is 5.44. The van der Waals surface area contributed by atoms with E-state index in [1.165, 1.54) is 17.1 Å². The summed E-state index contributed by atoms with van der Waals surface area (Å²) in [4.78, 5) is 70.0. The van der Waals surface area contributed by atoms with Crippen molar-refractivity contribution in [1.29, 1.82) is 0 Å². The first-order valence-electron chi connectivity index (χ1n) is 11.1. The summed E-state index contributed by atoms with van der Waals surface area (Å²) in [7, 11) is 0. The molecule has 0 aromatic carbocycles. The van der Waals surface area contributed by atoms with Crippen LogP contribution in [0.5, 0.6) is 0 Å². The Labute approximate surface area is 229 Å². The van der Waals surface area contributed by atoms with Gasteiger partial charge in [-0.15, -0.1) is 29.5 Å². The van der Waals surface area contributed by atoms with Gasteiger partial charge in [-0.05, 0) is 6.07 Å². The lowest BCUT2D eigenvalue weighted by molar-refractivity contribution is -0.688. The number of pyridine rings is 1. The van der Waals surface area contributed by atoms with Gasteiger partial charge in [-0.1, -0.05) is 11.1 Å². The molecule has 39 heavy (non-hydrogen) atoms. The minimum absolute atomic E-state index is 0.0792. The summed E-state index contributed by atoms with van der Waals surface area (Å²) < 4.78 is 1.69. The molecule has 2 aliphatic rings.